The van der Waals surface area contributed by atoms with Crippen LogP contribution >= 0.6 is 0 Å². The number of methoxy groups -OCH3 is 3. The van der Waals surface area contributed by atoms with Gasteiger partial charge in [-0.3, -0.25) is 78.1 Å². The molecule has 712 valence electrons. The summed E-state index contributed by atoms with van der Waals surface area (Å²) in [7, 11) is 4.25. The van der Waals surface area contributed by atoms with Crippen LogP contribution in [0.4, 0.5) is 5.69 Å². The zero-order valence-electron chi connectivity index (χ0n) is 78.4. The maximum Gasteiger partial charge on any atom is 0.307 e. The first-order valence-electron chi connectivity index (χ1n) is 45.1. The fraction of sp³-hybridized carbons (Fsp3) is 0.609. The monoisotopic (exact) mass is 1800 g/mol. The van der Waals surface area contributed by atoms with Crippen LogP contribution in [0.3, 0.4) is 0 Å². The zero-order chi connectivity index (χ0) is 94.7. The van der Waals surface area contributed by atoms with Crippen LogP contribution in [0.25, 0.3) is 0 Å². The fourth-order valence-corrected chi connectivity index (χ4v) is 14.0. The number of amidine groups is 7. The van der Waals surface area contributed by atoms with Crippen LogP contribution in [-0.2, 0) is 57.4 Å². The number of aliphatic hydroxyl groups is 3. The predicted octanol–water partition coefficient (Wildman–Crippen LogP) is 4.04. The molecule has 0 spiro atoms. The van der Waals surface area contributed by atoms with Gasteiger partial charge < -0.3 is 109 Å². The van der Waals surface area contributed by atoms with E-state index in [1.54, 1.807) is 55.7 Å². The number of hydrogen-bond acceptors (Lipinski definition) is 30. The highest BCUT2D eigenvalue weighted by Crippen LogP contribution is 2.26. The van der Waals surface area contributed by atoms with Crippen molar-refractivity contribution >= 4 is 99.8 Å². The van der Waals surface area contributed by atoms with Gasteiger partial charge in [0.25, 0.3) is 5.91 Å². The van der Waals surface area contributed by atoms with Crippen LogP contribution in [0.2, 0.25) is 0 Å². The molecule has 17 N–H and O–H groups in total. The van der Waals surface area contributed by atoms with Crippen molar-refractivity contribution in [3.8, 4) is 5.75 Å². The second kappa shape index (κ2) is 56.1. The number of rotatable bonds is 28. The first-order valence-corrected chi connectivity index (χ1v) is 45.1. The minimum Gasteiger partial charge on any atom is -0.495 e. The number of aliphatic hydroxyl groups excluding tert-OH is 3. The number of para-hydroxylation sites is 2. The normalized spacial score (nSPS) is 20.7. The van der Waals surface area contributed by atoms with Crippen molar-refractivity contribution in [1.29, 1.82) is 0 Å². The van der Waals surface area contributed by atoms with E-state index in [1.807, 2.05) is 115 Å². The molecule has 0 radical (unpaired) electrons. The largest absolute Gasteiger partial charge is 0.495 e. The summed E-state index contributed by atoms with van der Waals surface area (Å²) in [6.07, 6.45) is 22.5. The summed E-state index contributed by atoms with van der Waals surface area (Å²) < 4.78 is 19.7. The highest BCUT2D eigenvalue weighted by molar-refractivity contribution is 6.13. The molecule has 37 heteroatoms. The summed E-state index contributed by atoms with van der Waals surface area (Å²) in [5.74, 6) is 4.53. The maximum absolute atomic E-state index is 12.2. The molecular weight excluding hydrogens is 1660 g/mol. The summed E-state index contributed by atoms with van der Waals surface area (Å²) >= 11 is 0. The van der Waals surface area contributed by atoms with E-state index in [2.05, 4.69) is 119 Å². The first kappa shape index (κ1) is 106. The van der Waals surface area contributed by atoms with Crippen LogP contribution in [0.1, 0.15) is 187 Å². The molecule has 7 atom stereocenters. The fourth-order valence-electron chi connectivity index (χ4n) is 14.0. The number of carbonyl (C=O) groups is 9. The summed E-state index contributed by atoms with van der Waals surface area (Å²) in [6, 6.07) is 9.13. The Morgan fingerprint density at radius 1 is 0.364 bits per heavy atom. The lowest BCUT2D eigenvalue weighted by Gasteiger charge is -2.16. The van der Waals surface area contributed by atoms with Crippen molar-refractivity contribution in [2.75, 3.05) is 98.7 Å². The molecule has 8 heterocycles. The van der Waals surface area contributed by atoms with Crippen LogP contribution in [0.5, 0.6) is 5.75 Å². The zero-order valence-corrected chi connectivity index (χ0v) is 78.4. The van der Waals surface area contributed by atoms with Crippen LogP contribution in [-0.4, -0.2) is 288 Å². The number of nitrogens with one attached hydrogen (secondary N) is 14. The van der Waals surface area contributed by atoms with Crippen molar-refractivity contribution in [3.63, 3.8) is 0 Å². The smallest absolute Gasteiger partial charge is 0.307 e. The number of esters is 2. The number of ether oxygens (including phenoxy) is 4. The number of amides is 7. The Hall–Kier alpha value is -11.4. The van der Waals surface area contributed by atoms with Crippen molar-refractivity contribution in [2.45, 2.75) is 272 Å². The molecule has 37 nitrogen and oxygen atoms in total. The van der Waals surface area contributed by atoms with Gasteiger partial charge in [0.15, 0.2) is 0 Å². The van der Waals surface area contributed by atoms with Gasteiger partial charge >= 0.3 is 11.9 Å². The van der Waals surface area contributed by atoms with Gasteiger partial charge in [0.05, 0.1) is 122 Å². The first-order chi connectivity index (χ1) is 61.5. The highest BCUT2D eigenvalue weighted by atomic mass is 16.5. The van der Waals surface area contributed by atoms with E-state index in [4.69, 9.17) is 9.47 Å². The standard InChI is InChI=1S/C15H19N3O2.C13H21N3O3.4C13H21N3O2.C12H19N3O3/c1-10(2)17-14-8-11(9-16-14)15(19)18-12-6-4-5-7-13(12)20-3;1-9(2)16-11-7-10(8-15-11)13(18)14-6-4-5-12(17)19-3;1-9(2)16-12-6-10(7-14-12)13(17)15-8-11-4-3-5-18-11;3*1-8(2)15-12-6-9(7-14-12)13(18)16-10-4-3-5-11(10)17;1-8(2)15-10-6-9(7-14-10)12(17)13-5-4-11(16)18-3/h4-8,10H,9H2,1-3H3,(H,16,17)(H,18,19);7,9H,4-6,8H2,1-3H3,(H,14,18)(H,15,16);6,9,11H,3-5,7-8H2,1-2H3,(H,14,16)(H,15,17);3*6,8,10-11,17H,3-5,7H2,1-2H3,(H,14,15)(H,16,18);6,8H,4-5,7H2,1-3H3,(H,13,17)(H,14,15)/t;;;10-,11+;2*10-,11-;/m...110./s1. The third-order valence-corrected chi connectivity index (χ3v) is 20.4. The average Bonchev–Trinajstić information content (AvgIpc) is 1.56. The molecule has 8 aliphatic heterocycles. The van der Waals surface area contributed by atoms with E-state index in [0.29, 0.717) is 147 Å². The Bertz CT molecular complexity index is 4230. The Kier molecular flexibility index (Phi) is 46.2. The molecular formula is C92H143N21O16. The van der Waals surface area contributed by atoms with Crippen molar-refractivity contribution in [2.24, 2.45) is 34.9 Å². The van der Waals surface area contributed by atoms with Gasteiger partial charge in [0.2, 0.25) is 35.4 Å². The third-order valence-electron chi connectivity index (χ3n) is 20.4. The molecule has 0 aromatic heterocycles. The topological polar surface area (TPSA) is 506 Å². The Morgan fingerprint density at radius 2 is 0.659 bits per heavy atom. The van der Waals surface area contributed by atoms with E-state index < -0.39 is 18.3 Å². The minimum atomic E-state index is -0.398. The van der Waals surface area contributed by atoms with E-state index in [-0.39, 0.29) is 103 Å². The van der Waals surface area contributed by atoms with Gasteiger partial charge in [0.1, 0.15) is 46.6 Å². The molecule has 11 aliphatic rings. The number of hydrogen-bond donors (Lipinski definition) is 17. The molecule has 12 rings (SSSR count). The number of nitrogens with zero attached hydrogens (tertiary/aromatic N) is 7. The minimum absolute atomic E-state index is 0.0326. The van der Waals surface area contributed by atoms with Crippen LogP contribution < -0.4 is 79.2 Å². The quantitative estimate of drug-likeness (QED) is 0.0416. The van der Waals surface area contributed by atoms with E-state index in [1.165, 1.54) is 14.2 Å². The lowest BCUT2D eigenvalue weighted by Crippen LogP contribution is -2.40. The third kappa shape index (κ3) is 40.0. The van der Waals surface area contributed by atoms with Gasteiger partial charge in [-0.05, 0) is 229 Å². The molecule has 1 unspecified atom stereocenters. The maximum atomic E-state index is 12.2. The van der Waals surface area contributed by atoms with Gasteiger partial charge in [0, 0.05) is 114 Å². The predicted molar refractivity (Wildman–Crippen MR) is 503 cm³/mol. The van der Waals surface area contributed by atoms with E-state index in [0.717, 1.165) is 124 Å². The molecule has 129 heavy (non-hydrogen) atoms. The second-order valence-electron chi connectivity index (χ2n) is 34.4. The Balaban J connectivity index is 0.000000232. The van der Waals surface area contributed by atoms with Crippen molar-refractivity contribution in [3.05, 3.63) is 106 Å². The van der Waals surface area contributed by atoms with Gasteiger partial charge in [-0.1, -0.05) is 12.1 Å². The Labute approximate surface area is 759 Å². The van der Waals surface area contributed by atoms with E-state index in [9.17, 15) is 58.5 Å². The number of benzene rings is 1. The van der Waals surface area contributed by atoms with Crippen LogP contribution in [0, 0.1) is 0 Å². The summed E-state index contributed by atoms with van der Waals surface area (Å²) in [6.45, 7) is 33.4. The lowest BCUT2D eigenvalue weighted by molar-refractivity contribution is -0.141. The van der Waals surface area contributed by atoms with Crippen molar-refractivity contribution in [1.82, 2.24) is 69.1 Å². The molecule has 1 aromatic rings. The molecule has 1 saturated heterocycles. The summed E-state index contributed by atoms with van der Waals surface area (Å²) in [4.78, 5) is 135. The average molecular weight is 1800 g/mol. The van der Waals surface area contributed by atoms with Crippen molar-refractivity contribution < 1.29 is 77.4 Å². The SMILES string of the molecule is CC(C)NC1=NCC(C(=O)NCC2CCCO2)=C1.CC(C)NC1=NCC(C(=O)N[C@@H]2CCC[C@@H]2O)=C1.CC(C)NC1=NCC(C(=O)N[C@@H]2CCC[C@H]2O)=C1.CC(C)NC1=NCC(C(=O)N[C@H]2CCC[C@@H]2O)=C1.COC(=O)CCCNC(=O)C1=CC(NC(C)C)=NC1.COC(=O)CCNC(=O)C1=CC(NC(C)C)=NC1.COc1ccccc1NC(=O)C1=CC(NC(C)C)=NC1. The highest BCUT2D eigenvalue weighted by Gasteiger charge is 2.32. The summed E-state index contributed by atoms with van der Waals surface area (Å²) in [5.41, 5.74) is 5.25. The number of aliphatic imine (C=N–C) groups is 7. The van der Waals surface area contributed by atoms with Gasteiger partial charge in [-0.2, -0.15) is 0 Å². The summed E-state index contributed by atoms with van der Waals surface area (Å²) in [5, 5.41) is 71.0. The molecule has 1 aromatic carbocycles. The van der Waals surface area contributed by atoms with Gasteiger partial charge in [-0.15, -0.1) is 0 Å². The Morgan fingerprint density at radius 3 is 0.946 bits per heavy atom. The molecule has 3 saturated carbocycles. The number of carbonyl (C=O) groups excluding carboxylic acids is 9. The molecule has 7 amide bonds. The molecule has 0 bridgehead atoms. The lowest BCUT2D eigenvalue weighted by atomic mass is 10.2. The van der Waals surface area contributed by atoms with Crippen LogP contribution in [0.15, 0.2) is 141 Å². The molecule has 3 aliphatic carbocycles. The second-order valence-corrected chi connectivity index (χ2v) is 34.4. The number of anilines is 1. The van der Waals surface area contributed by atoms with Gasteiger partial charge in [-0.25, -0.2) is 0 Å². The van der Waals surface area contributed by atoms with E-state index >= 15 is 0 Å². The molecule has 4 fully saturated rings.